The third-order valence-electron chi connectivity index (χ3n) is 2.41. The van der Waals surface area contributed by atoms with Gasteiger partial charge in [0.15, 0.2) is 0 Å². The summed E-state index contributed by atoms with van der Waals surface area (Å²) < 4.78 is 0. The summed E-state index contributed by atoms with van der Waals surface area (Å²) in [5, 5.41) is 3.94. The predicted octanol–water partition coefficient (Wildman–Crippen LogP) is 4.01. The molecule has 0 fully saturated rings. The van der Waals surface area contributed by atoms with Gasteiger partial charge in [-0.25, -0.2) is 9.97 Å². The lowest BCUT2D eigenvalue weighted by Gasteiger charge is -1.99. The molecule has 3 aromatic rings. The topological polar surface area (TPSA) is 25.8 Å². The van der Waals surface area contributed by atoms with E-state index in [4.69, 9.17) is 11.6 Å². The molecule has 0 N–H and O–H groups in total. The van der Waals surface area contributed by atoms with E-state index in [-0.39, 0.29) is 0 Å². The van der Waals surface area contributed by atoms with Crippen LogP contribution < -0.4 is 0 Å². The standard InChI is InChI=1S/C12H7ClN2S/c13-9-3-1-8(2-4-9)11-6-16-12-10(11)5-14-7-15-12/h1-7H. The largest absolute Gasteiger partial charge is 0.244 e. The van der Waals surface area contributed by atoms with Crippen LogP contribution in [0, 0.1) is 0 Å². The molecular weight excluding hydrogens is 240 g/mol. The van der Waals surface area contributed by atoms with Crippen LogP contribution in [0.15, 0.2) is 42.2 Å². The number of aromatic nitrogens is 2. The number of rotatable bonds is 1. The molecule has 0 spiro atoms. The highest BCUT2D eigenvalue weighted by Crippen LogP contribution is 2.32. The molecule has 0 saturated heterocycles. The summed E-state index contributed by atoms with van der Waals surface area (Å²) in [4.78, 5) is 9.30. The Morgan fingerprint density at radius 2 is 1.94 bits per heavy atom. The van der Waals surface area contributed by atoms with Gasteiger partial charge in [-0.2, -0.15) is 0 Å². The van der Waals surface area contributed by atoms with E-state index >= 15 is 0 Å². The Morgan fingerprint density at radius 1 is 1.12 bits per heavy atom. The fraction of sp³-hybridized carbons (Fsp3) is 0. The summed E-state index contributed by atoms with van der Waals surface area (Å²) in [6.07, 6.45) is 3.42. The van der Waals surface area contributed by atoms with Gasteiger partial charge in [-0.05, 0) is 17.7 Å². The first-order chi connectivity index (χ1) is 7.84. The van der Waals surface area contributed by atoms with E-state index in [2.05, 4.69) is 15.3 Å². The molecule has 2 nitrogen and oxygen atoms in total. The maximum absolute atomic E-state index is 5.87. The predicted molar refractivity (Wildman–Crippen MR) is 67.9 cm³/mol. The average molecular weight is 247 g/mol. The molecule has 4 heteroatoms. The number of hydrogen-bond acceptors (Lipinski definition) is 3. The van der Waals surface area contributed by atoms with Crippen LogP contribution in [-0.4, -0.2) is 9.97 Å². The van der Waals surface area contributed by atoms with Gasteiger partial charge in [0.05, 0.1) is 0 Å². The van der Waals surface area contributed by atoms with E-state index in [9.17, 15) is 0 Å². The first kappa shape index (κ1) is 9.75. The number of benzene rings is 1. The fourth-order valence-corrected chi connectivity index (χ4v) is 2.64. The Bertz CT molecular complexity index is 631. The maximum atomic E-state index is 5.87. The summed E-state index contributed by atoms with van der Waals surface area (Å²) >= 11 is 7.50. The van der Waals surface area contributed by atoms with E-state index in [1.165, 1.54) is 0 Å². The number of fused-ring (bicyclic) bond motifs is 1. The Labute approximate surface area is 102 Å². The molecule has 0 saturated carbocycles. The first-order valence-corrected chi connectivity index (χ1v) is 6.03. The Hall–Kier alpha value is -1.45. The molecule has 0 atom stereocenters. The average Bonchev–Trinajstić information content (AvgIpc) is 2.74. The molecule has 78 valence electrons. The van der Waals surface area contributed by atoms with Crippen LogP contribution in [0.5, 0.6) is 0 Å². The second-order valence-electron chi connectivity index (χ2n) is 3.40. The monoisotopic (exact) mass is 246 g/mol. The van der Waals surface area contributed by atoms with Crippen molar-refractivity contribution in [1.82, 2.24) is 9.97 Å². The van der Waals surface area contributed by atoms with E-state index in [1.54, 1.807) is 17.7 Å². The summed E-state index contributed by atoms with van der Waals surface area (Å²) in [6, 6.07) is 7.81. The number of halogens is 1. The van der Waals surface area contributed by atoms with Crippen molar-refractivity contribution < 1.29 is 0 Å². The molecule has 2 heterocycles. The summed E-state index contributed by atoms with van der Waals surface area (Å²) in [7, 11) is 0. The van der Waals surface area contributed by atoms with Crippen LogP contribution in [0.2, 0.25) is 5.02 Å². The van der Waals surface area contributed by atoms with Gasteiger partial charge in [0.2, 0.25) is 0 Å². The van der Waals surface area contributed by atoms with Crippen molar-refractivity contribution in [3.8, 4) is 11.1 Å². The Balaban J connectivity index is 2.22. The minimum absolute atomic E-state index is 0.750. The van der Waals surface area contributed by atoms with Gasteiger partial charge in [-0.1, -0.05) is 23.7 Å². The minimum atomic E-state index is 0.750. The highest BCUT2D eigenvalue weighted by atomic mass is 35.5. The van der Waals surface area contributed by atoms with Gasteiger partial charge in [0, 0.05) is 27.5 Å². The van der Waals surface area contributed by atoms with E-state index in [0.29, 0.717) is 0 Å². The zero-order valence-electron chi connectivity index (χ0n) is 8.22. The van der Waals surface area contributed by atoms with Gasteiger partial charge in [-0.3, -0.25) is 0 Å². The van der Waals surface area contributed by atoms with Crippen molar-refractivity contribution in [1.29, 1.82) is 0 Å². The quantitative estimate of drug-likeness (QED) is 0.648. The summed E-state index contributed by atoms with van der Waals surface area (Å²) in [5.41, 5.74) is 2.31. The van der Waals surface area contributed by atoms with Crippen LogP contribution in [0.3, 0.4) is 0 Å². The van der Waals surface area contributed by atoms with Crippen molar-refractivity contribution in [2.45, 2.75) is 0 Å². The molecule has 0 unspecified atom stereocenters. The molecular formula is C12H7ClN2S. The zero-order chi connectivity index (χ0) is 11.0. The third kappa shape index (κ3) is 1.58. The van der Waals surface area contributed by atoms with Crippen LogP contribution in [0.25, 0.3) is 21.3 Å². The van der Waals surface area contributed by atoms with Gasteiger partial charge in [0.25, 0.3) is 0 Å². The Morgan fingerprint density at radius 3 is 2.75 bits per heavy atom. The zero-order valence-corrected chi connectivity index (χ0v) is 9.79. The maximum Gasteiger partial charge on any atom is 0.127 e. The first-order valence-electron chi connectivity index (χ1n) is 4.78. The van der Waals surface area contributed by atoms with Crippen LogP contribution in [-0.2, 0) is 0 Å². The minimum Gasteiger partial charge on any atom is -0.244 e. The molecule has 2 aromatic heterocycles. The Kier molecular flexibility index (Phi) is 2.35. The molecule has 1 aromatic carbocycles. The van der Waals surface area contributed by atoms with Gasteiger partial charge in [0.1, 0.15) is 11.2 Å². The van der Waals surface area contributed by atoms with Crippen molar-refractivity contribution in [3.63, 3.8) is 0 Å². The number of thiophene rings is 1. The van der Waals surface area contributed by atoms with Crippen LogP contribution >= 0.6 is 22.9 Å². The van der Waals surface area contributed by atoms with Crippen molar-refractivity contribution in [3.05, 3.63) is 47.2 Å². The van der Waals surface area contributed by atoms with Gasteiger partial charge >= 0.3 is 0 Å². The molecule has 0 aliphatic rings. The summed E-state index contributed by atoms with van der Waals surface area (Å²) in [6.45, 7) is 0. The molecule has 0 aliphatic carbocycles. The second kappa shape index (κ2) is 3.85. The highest BCUT2D eigenvalue weighted by molar-refractivity contribution is 7.17. The SMILES string of the molecule is Clc1ccc(-c2csc3ncncc23)cc1. The molecule has 0 bridgehead atoms. The second-order valence-corrected chi connectivity index (χ2v) is 4.69. The fourth-order valence-electron chi connectivity index (χ4n) is 1.63. The lowest BCUT2D eigenvalue weighted by molar-refractivity contribution is 1.23. The summed E-state index contributed by atoms with van der Waals surface area (Å²) in [5.74, 6) is 0. The van der Waals surface area contributed by atoms with Gasteiger partial charge < -0.3 is 0 Å². The van der Waals surface area contributed by atoms with E-state index < -0.39 is 0 Å². The highest BCUT2D eigenvalue weighted by Gasteiger charge is 2.06. The lowest BCUT2D eigenvalue weighted by Crippen LogP contribution is -1.78. The van der Waals surface area contributed by atoms with Crippen molar-refractivity contribution in [2.75, 3.05) is 0 Å². The molecule has 0 radical (unpaired) electrons. The number of nitrogens with zero attached hydrogens (tertiary/aromatic N) is 2. The van der Waals surface area contributed by atoms with Crippen molar-refractivity contribution in [2.24, 2.45) is 0 Å². The number of hydrogen-bond donors (Lipinski definition) is 0. The molecule has 0 amide bonds. The smallest absolute Gasteiger partial charge is 0.127 e. The van der Waals surface area contributed by atoms with E-state index in [1.807, 2.05) is 30.5 Å². The molecule has 3 rings (SSSR count). The normalized spacial score (nSPS) is 10.8. The van der Waals surface area contributed by atoms with Crippen molar-refractivity contribution >= 4 is 33.2 Å². The van der Waals surface area contributed by atoms with Crippen LogP contribution in [0.1, 0.15) is 0 Å². The van der Waals surface area contributed by atoms with Crippen LogP contribution in [0.4, 0.5) is 0 Å². The third-order valence-corrected chi connectivity index (χ3v) is 3.56. The lowest BCUT2D eigenvalue weighted by atomic mass is 10.1. The molecule has 0 aliphatic heterocycles. The van der Waals surface area contributed by atoms with Gasteiger partial charge in [-0.15, -0.1) is 11.3 Å². The van der Waals surface area contributed by atoms with E-state index in [0.717, 1.165) is 26.4 Å². The molecule has 16 heavy (non-hydrogen) atoms.